The Balaban J connectivity index is 2.16. The normalized spacial score (nSPS) is 24.9. The number of halogens is 5. The van der Waals surface area contributed by atoms with Gasteiger partial charge in [-0.2, -0.15) is 13.2 Å². The van der Waals surface area contributed by atoms with E-state index in [1.54, 1.807) is 0 Å². The Labute approximate surface area is 120 Å². The van der Waals surface area contributed by atoms with Gasteiger partial charge in [0.1, 0.15) is 11.6 Å². The standard InChI is InChI=1S/C15H18F5N/c16-12-6-3-7-13(17)10(12)8-14(21)9-4-1-2-5-11(9)15(18,19)20/h3,6-7,9,11,14H,1-2,4-5,8,21H2. The molecule has 1 aliphatic rings. The van der Waals surface area contributed by atoms with Gasteiger partial charge in [0.25, 0.3) is 0 Å². The van der Waals surface area contributed by atoms with Crippen LogP contribution in [0.1, 0.15) is 31.2 Å². The zero-order valence-corrected chi connectivity index (χ0v) is 11.5. The molecule has 1 nitrogen and oxygen atoms in total. The number of hydrogen-bond donors (Lipinski definition) is 1. The second-order valence-electron chi connectivity index (χ2n) is 5.66. The molecule has 1 saturated carbocycles. The third kappa shape index (κ3) is 3.73. The van der Waals surface area contributed by atoms with E-state index >= 15 is 0 Å². The van der Waals surface area contributed by atoms with Crippen molar-refractivity contribution in [3.05, 3.63) is 35.4 Å². The van der Waals surface area contributed by atoms with Crippen LogP contribution in [0.15, 0.2) is 18.2 Å². The van der Waals surface area contributed by atoms with Crippen molar-refractivity contribution < 1.29 is 22.0 Å². The molecule has 1 fully saturated rings. The second kappa shape index (κ2) is 6.30. The van der Waals surface area contributed by atoms with Crippen LogP contribution in [0.2, 0.25) is 0 Å². The van der Waals surface area contributed by atoms with Crippen LogP contribution in [-0.4, -0.2) is 12.2 Å². The Morgan fingerprint density at radius 3 is 2.24 bits per heavy atom. The van der Waals surface area contributed by atoms with E-state index in [2.05, 4.69) is 0 Å². The van der Waals surface area contributed by atoms with E-state index in [1.807, 2.05) is 0 Å². The first-order valence-electron chi connectivity index (χ1n) is 7.06. The molecule has 3 atom stereocenters. The fourth-order valence-electron chi connectivity index (χ4n) is 3.19. The molecule has 1 aromatic carbocycles. The molecule has 2 rings (SSSR count). The van der Waals surface area contributed by atoms with Crippen LogP contribution in [0.4, 0.5) is 22.0 Å². The summed E-state index contributed by atoms with van der Waals surface area (Å²) in [7, 11) is 0. The predicted octanol–water partition coefficient (Wildman–Crippen LogP) is 4.20. The molecule has 0 amide bonds. The molecular formula is C15H18F5N. The fraction of sp³-hybridized carbons (Fsp3) is 0.600. The molecule has 1 aliphatic carbocycles. The van der Waals surface area contributed by atoms with Crippen LogP contribution >= 0.6 is 0 Å². The molecule has 0 radical (unpaired) electrons. The van der Waals surface area contributed by atoms with Crippen molar-refractivity contribution in [3.63, 3.8) is 0 Å². The van der Waals surface area contributed by atoms with Gasteiger partial charge in [-0.15, -0.1) is 0 Å². The van der Waals surface area contributed by atoms with Gasteiger partial charge >= 0.3 is 6.18 Å². The summed E-state index contributed by atoms with van der Waals surface area (Å²) in [5.74, 6) is -3.77. The molecule has 0 heterocycles. The smallest absolute Gasteiger partial charge is 0.327 e. The summed E-state index contributed by atoms with van der Waals surface area (Å²) in [6.07, 6.45) is -2.94. The summed E-state index contributed by atoms with van der Waals surface area (Å²) < 4.78 is 66.3. The van der Waals surface area contributed by atoms with E-state index in [0.29, 0.717) is 19.3 Å². The minimum atomic E-state index is -4.31. The van der Waals surface area contributed by atoms with E-state index in [0.717, 1.165) is 12.1 Å². The number of nitrogens with two attached hydrogens (primary N) is 1. The van der Waals surface area contributed by atoms with Crippen molar-refractivity contribution in [2.45, 2.75) is 44.3 Å². The van der Waals surface area contributed by atoms with E-state index < -0.39 is 35.7 Å². The highest BCUT2D eigenvalue weighted by atomic mass is 19.4. The minimum absolute atomic E-state index is 0.0433. The third-order valence-corrected chi connectivity index (χ3v) is 4.29. The van der Waals surface area contributed by atoms with E-state index in [1.165, 1.54) is 6.07 Å². The Morgan fingerprint density at radius 2 is 1.67 bits per heavy atom. The van der Waals surface area contributed by atoms with Crippen LogP contribution in [0, 0.1) is 23.5 Å². The van der Waals surface area contributed by atoms with Gasteiger partial charge in [-0.3, -0.25) is 0 Å². The molecule has 118 valence electrons. The van der Waals surface area contributed by atoms with Crippen molar-refractivity contribution in [2.75, 3.05) is 0 Å². The van der Waals surface area contributed by atoms with Crippen molar-refractivity contribution in [3.8, 4) is 0 Å². The average molecular weight is 307 g/mol. The second-order valence-corrected chi connectivity index (χ2v) is 5.66. The van der Waals surface area contributed by atoms with Crippen LogP contribution in [-0.2, 0) is 6.42 Å². The van der Waals surface area contributed by atoms with Crippen molar-refractivity contribution in [1.82, 2.24) is 0 Å². The number of alkyl halides is 3. The lowest BCUT2D eigenvalue weighted by Crippen LogP contribution is -2.44. The van der Waals surface area contributed by atoms with Gasteiger partial charge < -0.3 is 5.73 Å². The minimum Gasteiger partial charge on any atom is -0.327 e. The Bertz CT molecular complexity index is 465. The largest absolute Gasteiger partial charge is 0.392 e. The van der Waals surface area contributed by atoms with Gasteiger partial charge in [0.05, 0.1) is 5.92 Å². The quantitative estimate of drug-likeness (QED) is 0.832. The fourth-order valence-corrected chi connectivity index (χ4v) is 3.19. The molecule has 6 heteroatoms. The summed E-state index contributed by atoms with van der Waals surface area (Å²) in [5.41, 5.74) is 5.65. The van der Waals surface area contributed by atoms with Crippen LogP contribution < -0.4 is 5.73 Å². The maximum absolute atomic E-state index is 13.6. The Morgan fingerprint density at radius 1 is 1.10 bits per heavy atom. The van der Waals surface area contributed by atoms with Gasteiger partial charge in [-0.1, -0.05) is 18.9 Å². The molecular weight excluding hydrogens is 289 g/mol. The lowest BCUT2D eigenvalue weighted by atomic mass is 9.73. The molecule has 2 N–H and O–H groups in total. The van der Waals surface area contributed by atoms with Crippen LogP contribution in [0.25, 0.3) is 0 Å². The highest BCUT2D eigenvalue weighted by molar-refractivity contribution is 5.21. The molecule has 0 saturated heterocycles. The molecule has 0 bridgehead atoms. The first kappa shape index (κ1) is 16.2. The SMILES string of the molecule is NC(Cc1c(F)cccc1F)C1CCCCC1C(F)(F)F. The van der Waals surface area contributed by atoms with Crippen molar-refractivity contribution in [1.29, 1.82) is 0 Å². The molecule has 0 aromatic heterocycles. The topological polar surface area (TPSA) is 26.0 Å². The highest BCUT2D eigenvalue weighted by Gasteiger charge is 2.47. The summed E-state index contributed by atoms with van der Waals surface area (Å²) in [6.45, 7) is 0. The lowest BCUT2D eigenvalue weighted by molar-refractivity contribution is -0.198. The lowest BCUT2D eigenvalue weighted by Gasteiger charge is -2.36. The highest BCUT2D eigenvalue weighted by Crippen LogP contribution is 2.43. The molecule has 3 unspecified atom stereocenters. The van der Waals surface area contributed by atoms with Gasteiger partial charge in [0, 0.05) is 11.6 Å². The van der Waals surface area contributed by atoms with E-state index in [-0.39, 0.29) is 18.4 Å². The molecule has 0 spiro atoms. The van der Waals surface area contributed by atoms with Gasteiger partial charge in [0.2, 0.25) is 0 Å². The molecule has 21 heavy (non-hydrogen) atoms. The first-order valence-corrected chi connectivity index (χ1v) is 7.06. The summed E-state index contributed by atoms with van der Waals surface area (Å²) in [6, 6.07) is 2.50. The van der Waals surface area contributed by atoms with Crippen molar-refractivity contribution in [2.24, 2.45) is 17.6 Å². The van der Waals surface area contributed by atoms with Gasteiger partial charge in [0.15, 0.2) is 0 Å². The summed E-state index contributed by atoms with van der Waals surface area (Å²) in [5, 5.41) is 0. The Hall–Kier alpha value is -1.17. The van der Waals surface area contributed by atoms with Gasteiger partial charge in [-0.05, 0) is 37.3 Å². The Kier molecular flexibility index (Phi) is 4.86. The van der Waals surface area contributed by atoms with E-state index in [4.69, 9.17) is 5.73 Å². The maximum atomic E-state index is 13.6. The first-order chi connectivity index (χ1) is 9.80. The average Bonchev–Trinajstić information content (AvgIpc) is 2.42. The van der Waals surface area contributed by atoms with Gasteiger partial charge in [-0.25, -0.2) is 8.78 Å². The third-order valence-electron chi connectivity index (χ3n) is 4.29. The molecule has 1 aromatic rings. The summed E-state index contributed by atoms with van der Waals surface area (Å²) in [4.78, 5) is 0. The number of rotatable bonds is 3. The maximum Gasteiger partial charge on any atom is 0.392 e. The number of hydrogen-bond acceptors (Lipinski definition) is 1. The zero-order valence-electron chi connectivity index (χ0n) is 11.5. The summed E-state index contributed by atoms with van der Waals surface area (Å²) >= 11 is 0. The predicted molar refractivity (Wildman–Crippen MR) is 69.5 cm³/mol. The number of benzene rings is 1. The monoisotopic (exact) mass is 307 g/mol. The van der Waals surface area contributed by atoms with Crippen LogP contribution in [0.3, 0.4) is 0 Å². The zero-order chi connectivity index (χ0) is 15.6. The van der Waals surface area contributed by atoms with E-state index in [9.17, 15) is 22.0 Å². The van der Waals surface area contributed by atoms with Crippen molar-refractivity contribution >= 4 is 0 Å². The van der Waals surface area contributed by atoms with Crippen LogP contribution in [0.5, 0.6) is 0 Å². The molecule has 0 aliphatic heterocycles.